The maximum Gasteiger partial charge on any atom is 0.235 e. The van der Waals surface area contributed by atoms with Gasteiger partial charge in [-0.25, -0.2) is 9.79 Å². The van der Waals surface area contributed by atoms with Crippen molar-refractivity contribution >= 4 is 6.08 Å². The van der Waals surface area contributed by atoms with Crippen LogP contribution >= 0.6 is 0 Å². The maximum atomic E-state index is 9.92. The van der Waals surface area contributed by atoms with Crippen LogP contribution in [0.4, 0.5) is 0 Å². The van der Waals surface area contributed by atoms with Gasteiger partial charge in [0.25, 0.3) is 0 Å². The summed E-state index contributed by atoms with van der Waals surface area (Å²) in [5.74, 6) is 0. The van der Waals surface area contributed by atoms with Crippen LogP contribution in [0.25, 0.3) is 0 Å². The first-order valence-electron chi connectivity index (χ1n) is 8.49. The first-order chi connectivity index (χ1) is 12.7. The van der Waals surface area contributed by atoms with E-state index in [4.69, 9.17) is 39.0 Å². The average Bonchev–Trinajstić information content (AvgIpc) is 2.64. The molecule has 0 unspecified atom stereocenters. The van der Waals surface area contributed by atoms with Gasteiger partial charge in [-0.3, -0.25) is 0 Å². The lowest BCUT2D eigenvalue weighted by molar-refractivity contribution is -0.117. The molecule has 0 aliphatic carbocycles. The monoisotopic (exact) mass is 381 g/mol. The molecule has 0 aromatic carbocycles. The van der Waals surface area contributed by atoms with E-state index in [9.17, 15) is 4.79 Å². The number of aliphatic hydroxyl groups excluding tert-OH is 3. The Hall–Kier alpha value is -0.940. The zero-order valence-corrected chi connectivity index (χ0v) is 15.1. The number of aliphatic imine (C=N–C) groups is 1. The third-order valence-electron chi connectivity index (χ3n) is 3.12. The second kappa shape index (κ2) is 18.8. The lowest BCUT2D eigenvalue weighted by atomic mass is 9.92. The normalized spacial score (nSPS) is 11.5. The molecule has 10 heteroatoms. The molecule has 0 rings (SSSR count). The fraction of sp³-hybridized carbons (Fsp3) is 0.938. The number of rotatable bonds is 20. The van der Waals surface area contributed by atoms with E-state index < -0.39 is 5.41 Å². The molecule has 154 valence electrons. The third kappa shape index (κ3) is 14.3. The summed E-state index contributed by atoms with van der Waals surface area (Å²) in [4.78, 5) is 13.3. The predicted octanol–water partition coefficient (Wildman–Crippen LogP) is -1.63. The molecule has 0 aliphatic heterocycles. The quantitative estimate of drug-likeness (QED) is 0.129. The van der Waals surface area contributed by atoms with Crippen LogP contribution < -0.4 is 0 Å². The number of isocyanates is 1. The highest BCUT2D eigenvalue weighted by Crippen LogP contribution is 2.20. The number of nitrogens with zero attached hydrogens (tertiary/aromatic N) is 1. The van der Waals surface area contributed by atoms with Gasteiger partial charge >= 0.3 is 0 Å². The highest BCUT2D eigenvalue weighted by atomic mass is 16.5. The number of aliphatic hydroxyl groups is 3. The molecule has 0 atom stereocenters. The minimum absolute atomic E-state index is 0.108. The molecule has 0 heterocycles. The van der Waals surface area contributed by atoms with Crippen molar-refractivity contribution in [1.29, 1.82) is 0 Å². The Morgan fingerprint density at radius 3 is 1.50 bits per heavy atom. The van der Waals surface area contributed by atoms with Gasteiger partial charge in [0.15, 0.2) is 0 Å². The second-order valence-corrected chi connectivity index (χ2v) is 5.47. The standard InChI is InChI=1S/C16H31NO9/c18-2-6-23-11-16(12-24-7-3-19,13-25-8-4-20)14-26-10-9-22-5-1-17-15-21/h18-20H,1-14H2. The average molecular weight is 381 g/mol. The molecule has 26 heavy (non-hydrogen) atoms. The molecule has 0 saturated carbocycles. The van der Waals surface area contributed by atoms with Crippen LogP contribution in [0.1, 0.15) is 0 Å². The maximum absolute atomic E-state index is 9.92. The Labute approximate surface area is 153 Å². The minimum atomic E-state index is -0.651. The summed E-state index contributed by atoms with van der Waals surface area (Å²) in [5, 5.41) is 26.7. The van der Waals surface area contributed by atoms with Crippen LogP contribution in [0.5, 0.6) is 0 Å². The van der Waals surface area contributed by atoms with Crippen molar-refractivity contribution < 1.29 is 43.8 Å². The van der Waals surface area contributed by atoms with E-state index in [-0.39, 0.29) is 72.6 Å². The molecule has 0 spiro atoms. The Kier molecular flexibility index (Phi) is 18.2. The SMILES string of the molecule is O=C=NCCOCCOCC(COCCO)(COCCO)COCCO. The lowest BCUT2D eigenvalue weighted by Crippen LogP contribution is -2.42. The smallest absolute Gasteiger partial charge is 0.235 e. The zero-order chi connectivity index (χ0) is 19.3. The van der Waals surface area contributed by atoms with E-state index in [1.54, 1.807) is 0 Å². The van der Waals surface area contributed by atoms with Crippen LogP contribution in [-0.2, 0) is 28.5 Å². The summed E-state index contributed by atoms with van der Waals surface area (Å²) in [7, 11) is 0. The molecule has 0 aromatic rings. The number of carbonyl (C=O) groups excluding carboxylic acids is 1. The fourth-order valence-corrected chi connectivity index (χ4v) is 1.97. The Morgan fingerprint density at radius 1 is 0.654 bits per heavy atom. The van der Waals surface area contributed by atoms with Crippen molar-refractivity contribution in [3.05, 3.63) is 0 Å². The van der Waals surface area contributed by atoms with Crippen molar-refractivity contribution in [1.82, 2.24) is 0 Å². The van der Waals surface area contributed by atoms with E-state index in [0.29, 0.717) is 19.8 Å². The molecular weight excluding hydrogens is 350 g/mol. The van der Waals surface area contributed by atoms with Gasteiger partial charge in [0.05, 0.1) is 97.8 Å². The molecule has 0 saturated heterocycles. The van der Waals surface area contributed by atoms with Gasteiger partial charge in [0.1, 0.15) is 0 Å². The van der Waals surface area contributed by atoms with E-state index in [2.05, 4.69) is 4.99 Å². The largest absolute Gasteiger partial charge is 0.394 e. The summed E-state index contributed by atoms with van der Waals surface area (Å²) in [6, 6.07) is 0. The lowest BCUT2D eigenvalue weighted by Gasteiger charge is -2.32. The van der Waals surface area contributed by atoms with Crippen LogP contribution in [0.2, 0.25) is 0 Å². The van der Waals surface area contributed by atoms with Gasteiger partial charge in [-0.15, -0.1) is 0 Å². The summed E-state index contributed by atoms with van der Waals surface area (Å²) in [6.45, 7) is 2.29. The Balaban J connectivity index is 4.44. The van der Waals surface area contributed by atoms with Crippen LogP contribution in [0, 0.1) is 5.41 Å². The van der Waals surface area contributed by atoms with Gasteiger partial charge in [-0.1, -0.05) is 0 Å². The molecule has 0 fully saturated rings. The summed E-state index contributed by atoms with van der Waals surface area (Å²) >= 11 is 0. The minimum Gasteiger partial charge on any atom is -0.394 e. The van der Waals surface area contributed by atoms with Crippen LogP contribution in [0.3, 0.4) is 0 Å². The van der Waals surface area contributed by atoms with Crippen molar-refractivity contribution in [3.8, 4) is 0 Å². The molecule has 0 aliphatic rings. The summed E-state index contributed by atoms with van der Waals surface area (Å²) < 4.78 is 27.2. The Morgan fingerprint density at radius 2 is 1.08 bits per heavy atom. The topological polar surface area (TPSA) is 136 Å². The van der Waals surface area contributed by atoms with Crippen LogP contribution in [0.15, 0.2) is 4.99 Å². The van der Waals surface area contributed by atoms with Gasteiger partial charge in [0.2, 0.25) is 6.08 Å². The first-order valence-corrected chi connectivity index (χ1v) is 8.49. The van der Waals surface area contributed by atoms with Crippen molar-refractivity contribution in [2.45, 2.75) is 0 Å². The second-order valence-electron chi connectivity index (χ2n) is 5.47. The predicted molar refractivity (Wildman–Crippen MR) is 90.8 cm³/mol. The number of hydrogen-bond acceptors (Lipinski definition) is 10. The molecule has 0 bridgehead atoms. The van der Waals surface area contributed by atoms with Gasteiger partial charge in [0, 0.05) is 0 Å². The highest BCUT2D eigenvalue weighted by molar-refractivity contribution is 5.32. The van der Waals surface area contributed by atoms with E-state index in [1.807, 2.05) is 0 Å². The van der Waals surface area contributed by atoms with E-state index in [1.165, 1.54) is 6.08 Å². The number of hydrogen-bond donors (Lipinski definition) is 3. The van der Waals surface area contributed by atoms with Crippen LogP contribution in [-0.4, -0.2) is 114 Å². The summed E-state index contributed by atoms with van der Waals surface area (Å²) in [6.07, 6.45) is 1.43. The Bertz CT molecular complexity index is 324. The fourth-order valence-electron chi connectivity index (χ4n) is 1.97. The van der Waals surface area contributed by atoms with Crippen molar-refractivity contribution in [3.63, 3.8) is 0 Å². The zero-order valence-electron chi connectivity index (χ0n) is 15.1. The third-order valence-corrected chi connectivity index (χ3v) is 3.12. The van der Waals surface area contributed by atoms with E-state index >= 15 is 0 Å². The highest BCUT2D eigenvalue weighted by Gasteiger charge is 2.32. The number of ether oxygens (including phenoxy) is 5. The van der Waals surface area contributed by atoms with Gasteiger partial charge < -0.3 is 39.0 Å². The first kappa shape index (κ1) is 25.1. The van der Waals surface area contributed by atoms with Crippen molar-refractivity contribution in [2.24, 2.45) is 10.4 Å². The molecule has 0 aromatic heterocycles. The van der Waals surface area contributed by atoms with Gasteiger partial charge in [-0.2, -0.15) is 0 Å². The van der Waals surface area contributed by atoms with Gasteiger partial charge in [-0.05, 0) is 0 Å². The summed E-state index contributed by atoms with van der Waals surface area (Å²) in [5.41, 5.74) is -0.651. The molecule has 0 radical (unpaired) electrons. The molecular formula is C16H31NO9. The van der Waals surface area contributed by atoms with E-state index in [0.717, 1.165) is 0 Å². The molecule has 0 amide bonds. The van der Waals surface area contributed by atoms with Crippen molar-refractivity contribution in [2.75, 3.05) is 92.4 Å². The molecule has 10 nitrogen and oxygen atoms in total. The molecule has 3 N–H and O–H groups in total.